The summed E-state index contributed by atoms with van der Waals surface area (Å²) in [4.78, 5) is 2.77. The highest BCUT2D eigenvalue weighted by Gasteiger charge is 2.39. The molecular weight excluding hydrogens is 289 g/mol. The van der Waals surface area contributed by atoms with Crippen molar-refractivity contribution in [1.29, 1.82) is 0 Å². The lowest BCUT2D eigenvalue weighted by atomic mass is 9.74. The van der Waals surface area contributed by atoms with Gasteiger partial charge in [0.2, 0.25) is 0 Å². The number of nitrogens with zero attached hydrogens (tertiary/aromatic N) is 1. The van der Waals surface area contributed by atoms with E-state index in [-0.39, 0.29) is 17.9 Å². The number of hydrogen-bond acceptors (Lipinski definition) is 1. The zero-order chi connectivity index (χ0) is 13.1. The molecule has 1 saturated heterocycles. The Balaban J connectivity index is 0.00000147. The molecule has 3 rings (SSSR count). The molecule has 0 spiro atoms. The number of rotatable bonds is 2. The zero-order valence-electron chi connectivity index (χ0n) is 12.1. The number of halogens is 2. The van der Waals surface area contributed by atoms with Crippen LogP contribution < -0.4 is 0 Å². The first-order valence-electron chi connectivity index (χ1n) is 7.82. The van der Waals surface area contributed by atoms with Crippen molar-refractivity contribution in [2.24, 2.45) is 0 Å². The largest absolute Gasteiger partial charge is 0.294 e. The van der Waals surface area contributed by atoms with Crippen LogP contribution in [0.4, 0.5) is 0 Å². The normalized spacial score (nSPS) is 23.1. The lowest BCUT2D eigenvalue weighted by molar-refractivity contribution is 0.0303. The molecule has 3 heteroatoms. The Bertz CT molecular complexity index is 421. The molecule has 1 saturated carbocycles. The van der Waals surface area contributed by atoms with Crippen LogP contribution in [0.2, 0.25) is 5.02 Å². The van der Waals surface area contributed by atoms with Crippen molar-refractivity contribution in [2.45, 2.75) is 56.9 Å². The molecule has 0 bridgehead atoms. The summed E-state index contributed by atoms with van der Waals surface area (Å²) in [6.45, 7) is 2.54. The molecule has 0 unspecified atom stereocenters. The highest BCUT2D eigenvalue weighted by atomic mass is 35.5. The van der Waals surface area contributed by atoms with Crippen molar-refractivity contribution in [1.82, 2.24) is 4.90 Å². The summed E-state index contributed by atoms with van der Waals surface area (Å²) in [5.74, 6) is 0. The zero-order valence-corrected chi connectivity index (χ0v) is 13.7. The van der Waals surface area contributed by atoms with Crippen LogP contribution in [0.15, 0.2) is 24.3 Å². The predicted molar refractivity (Wildman–Crippen MR) is 88.9 cm³/mol. The molecule has 1 aromatic carbocycles. The van der Waals surface area contributed by atoms with E-state index >= 15 is 0 Å². The van der Waals surface area contributed by atoms with Crippen LogP contribution in [0.1, 0.15) is 56.9 Å². The minimum Gasteiger partial charge on any atom is -0.294 e. The highest BCUT2D eigenvalue weighted by Crippen LogP contribution is 2.44. The van der Waals surface area contributed by atoms with E-state index in [4.69, 9.17) is 11.6 Å². The second-order valence-corrected chi connectivity index (χ2v) is 6.59. The molecule has 112 valence electrons. The van der Waals surface area contributed by atoms with Gasteiger partial charge in [0, 0.05) is 10.6 Å². The SMILES string of the molecule is Cl.Clc1cccc(C2(N3CCCCC3)CCCCC2)c1. The van der Waals surface area contributed by atoms with E-state index in [9.17, 15) is 0 Å². The smallest absolute Gasteiger partial charge is 0.0461 e. The van der Waals surface area contributed by atoms with Gasteiger partial charge >= 0.3 is 0 Å². The first kappa shape index (κ1) is 16.1. The molecule has 1 heterocycles. The molecule has 0 amide bonds. The summed E-state index contributed by atoms with van der Waals surface area (Å²) in [5, 5.41) is 0.888. The van der Waals surface area contributed by atoms with Crippen molar-refractivity contribution in [3.05, 3.63) is 34.9 Å². The molecule has 0 atom stereocenters. The molecule has 0 N–H and O–H groups in total. The van der Waals surface area contributed by atoms with Gasteiger partial charge in [-0.25, -0.2) is 0 Å². The number of benzene rings is 1. The summed E-state index contributed by atoms with van der Waals surface area (Å²) in [6.07, 6.45) is 10.9. The van der Waals surface area contributed by atoms with E-state index in [2.05, 4.69) is 23.1 Å². The molecule has 20 heavy (non-hydrogen) atoms. The van der Waals surface area contributed by atoms with Crippen LogP contribution in [0.5, 0.6) is 0 Å². The topological polar surface area (TPSA) is 3.24 Å². The summed E-state index contributed by atoms with van der Waals surface area (Å²) in [5.41, 5.74) is 1.74. The average molecular weight is 314 g/mol. The van der Waals surface area contributed by atoms with Gasteiger partial charge in [-0.05, 0) is 56.5 Å². The van der Waals surface area contributed by atoms with E-state index in [0.717, 1.165) is 5.02 Å². The summed E-state index contributed by atoms with van der Waals surface area (Å²) in [6, 6.07) is 8.63. The molecule has 1 nitrogen and oxygen atoms in total. The number of likely N-dealkylation sites (tertiary alicyclic amines) is 1. The highest BCUT2D eigenvalue weighted by molar-refractivity contribution is 6.30. The van der Waals surface area contributed by atoms with Gasteiger partial charge in [0.05, 0.1) is 0 Å². The van der Waals surface area contributed by atoms with Crippen molar-refractivity contribution in [2.75, 3.05) is 13.1 Å². The Kier molecular flexibility index (Phi) is 5.77. The lowest BCUT2D eigenvalue weighted by Gasteiger charge is -2.48. The van der Waals surface area contributed by atoms with E-state index < -0.39 is 0 Å². The van der Waals surface area contributed by atoms with Crippen molar-refractivity contribution < 1.29 is 0 Å². The minimum absolute atomic E-state index is 0. The van der Waals surface area contributed by atoms with Crippen LogP contribution in [0, 0.1) is 0 Å². The summed E-state index contributed by atoms with van der Waals surface area (Å²) in [7, 11) is 0. The van der Waals surface area contributed by atoms with Gasteiger partial charge in [-0.3, -0.25) is 4.90 Å². The monoisotopic (exact) mass is 313 g/mol. The Morgan fingerprint density at radius 1 is 0.900 bits per heavy atom. The third kappa shape index (κ3) is 3.16. The first-order chi connectivity index (χ1) is 9.31. The second-order valence-electron chi connectivity index (χ2n) is 6.15. The van der Waals surface area contributed by atoms with Gasteiger partial charge in [0.25, 0.3) is 0 Å². The van der Waals surface area contributed by atoms with Gasteiger partial charge in [-0.15, -0.1) is 12.4 Å². The van der Waals surface area contributed by atoms with Gasteiger partial charge in [-0.1, -0.05) is 49.4 Å². The first-order valence-corrected chi connectivity index (χ1v) is 8.20. The molecule has 0 aromatic heterocycles. The van der Waals surface area contributed by atoms with Gasteiger partial charge in [0.15, 0.2) is 0 Å². The van der Waals surface area contributed by atoms with Gasteiger partial charge in [-0.2, -0.15) is 0 Å². The fourth-order valence-corrected chi connectivity index (χ4v) is 4.21. The van der Waals surface area contributed by atoms with Crippen LogP contribution in [-0.2, 0) is 5.54 Å². The fraction of sp³-hybridized carbons (Fsp3) is 0.647. The maximum absolute atomic E-state index is 6.25. The van der Waals surface area contributed by atoms with E-state index in [0.29, 0.717) is 0 Å². The molecule has 2 aliphatic rings. The number of hydrogen-bond donors (Lipinski definition) is 0. The molecule has 1 aliphatic heterocycles. The minimum atomic E-state index is 0. The maximum atomic E-state index is 6.25. The summed E-state index contributed by atoms with van der Waals surface area (Å²) >= 11 is 6.25. The fourth-order valence-electron chi connectivity index (χ4n) is 4.02. The van der Waals surface area contributed by atoms with Gasteiger partial charge < -0.3 is 0 Å². The van der Waals surface area contributed by atoms with E-state index in [1.165, 1.54) is 70.0 Å². The Morgan fingerprint density at radius 2 is 1.55 bits per heavy atom. The third-order valence-electron chi connectivity index (χ3n) is 5.00. The van der Waals surface area contributed by atoms with Crippen LogP contribution in [0.25, 0.3) is 0 Å². The molecule has 0 radical (unpaired) electrons. The second kappa shape index (κ2) is 7.15. The van der Waals surface area contributed by atoms with Crippen molar-refractivity contribution in [3.8, 4) is 0 Å². The van der Waals surface area contributed by atoms with Gasteiger partial charge in [0.1, 0.15) is 0 Å². The third-order valence-corrected chi connectivity index (χ3v) is 5.24. The Morgan fingerprint density at radius 3 is 2.20 bits per heavy atom. The number of piperidine rings is 1. The Hall–Kier alpha value is -0.240. The standard InChI is InChI=1S/C17H24ClN.ClH/c18-16-9-7-8-15(14-16)17(10-3-1-4-11-17)19-12-5-2-6-13-19;/h7-9,14H,1-6,10-13H2;1H. The van der Waals surface area contributed by atoms with E-state index in [1.54, 1.807) is 0 Å². The molecular formula is C17H25Cl2N. The lowest BCUT2D eigenvalue weighted by Crippen LogP contribution is -2.49. The average Bonchev–Trinajstić information content (AvgIpc) is 2.49. The van der Waals surface area contributed by atoms with E-state index in [1.807, 2.05) is 6.07 Å². The molecule has 1 aliphatic carbocycles. The predicted octanol–water partition coefficient (Wildman–Crippen LogP) is 5.41. The Labute approximate surface area is 134 Å². The van der Waals surface area contributed by atoms with Crippen LogP contribution >= 0.6 is 24.0 Å². The van der Waals surface area contributed by atoms with Crippen molar-refractivity contribution in [3.63, 3.8) is 0 Å². The maximum Gasteiger partial charge on any atom is 0.0461 e. The van der Waals surface area contributed by atoms with Crippen molar-refractivity contribution >= 4 is 24.0 Å². The summed E-state index contributed by atoms with van der Waals surface area (Å²) < 4.78 is 0. The molecule has 2 fully saturated rings. The molecule has 1 aromatic rings. The quantitative estimate of drug-likeness (QED) is 0.706. The van der Waals surface area contributed by atoms with Crippen LogP contribution in [0.3, 0.4) is 0 Å². The van der Waals surface area contributed by atoms with Crippen LogP contribution in [-0.4, -0.2) is 18.0 Å².